The first-order chi connectivity index (χ1) is 8.09. The van der Waals surface area contributed by atoms with E-state index in [2.05, 4.69) is 30.6 Å². The van der Waals surface area contributed by atoms with Gasteiger partial charge in [0.2, 0.25) is 0 Å². The van der Waals surface area contributed by atoms with Gasteiger partial charge in [-0.3, -0.25) is 9.80 Å². The van der Waals surface area contributed by atoms with Crippen LogP contribution < -0.4 is 5.73 Å². The first-order valence-electron chi connectivity index (χ1n) is 7.33. The summed E-state index contributed by atoms with van der Waals surface area (Å²) >= 11 is 0. The third-order valence-electron chi connectivity index (χ3n) is 4.81. The number of hydrogen-bond donors (Lipinski definition) is 1. The molecular weight excluding hydrogens is 210 g/mol. The Balaban J connectivity index is 1.87. The van der Waals surface area contributed by atoms with Crippen molar-refractivity contribution in [3.63, 3.8) is 0 Å². The van der Waals surface area contributed by atoms with Crippen LogP contribution in [0.15, 0.2) is 0 Å². The summed E-state index contributed by atoms with van der Waals surface area (Å²) in [5.74, 6) is 0.705. The van der Waals surface area contributed by atoms with Crippen LogP contribution in [-0.2, 0) is 0 Å². The smallest absolute Gasteiger partial charge is 0.0250 e. The van der Waals surface area contributed by atoms with Crippen molar-refractivity contribution >= 4 is 0 Å². The van der Waals surface area contributed by atoms with Crippen LogP contribution in [0.2, 0.25) is 0 Å². The molecule has 2 aliphatic rings. The van der Waals surface area contributed by atoms with Crippen LogP contribution >= 0.6 is 0 Å². The molecular formula is C14H29N3. The molecule has 0 bridgehead atoms. The van der Waals surface area contributed by atoms with E-state index in [9.17, 15) is 0 Å². The second kappa shape index (κ2) is 5.68. The maximum atomic E-state index is 6.39. The maximum absolute atomic E-state index is 6.39. The van der Waals surface area contributed by atoms with Gasteiger partial charge >= 0.3 is 0 Å². The molecule has 100 valence electrons. The number of piperazine rings is 1. The average Bonchev–Trinajstić information content (AvgIpc) is 2.33. The summed E-state index contributed by atoms with van der Waals surface area (Å²) in [6, 6.07) is 1.73. The highest BCUT2D eigenvalue weighted by atomic mass is 15.3. The van der Waals surface area contributed by atoms with E-state index in [0.29, 0.717) is 24.0 Å². The lowest BCUT2D eigenvalue weighted by Gasteiger charge is -2.45. The molecule has 0 aromatic carbocycles. The van der Waals surface area contributed by atoms with Gasteiger partial charge in [0.05, 0.1) is 0 Å². The zero-order chi connectivity index (χ0) is 12.4. The molecule has 2 N–H and O–H groups in total. The Labute approximate surface area is 106 Å². The summed E-state index contributed by atoms with van der Waals surface area (Å²) in [4.78, 5) is 5.23. The van der Waals surface area contributed by atoms with E-state index in [1.807, 2.05) is 0 Å². The number of rotatable bonds is 2. The van der Waals surface area contributed by atoms with Gasteiger partial charge < -0.3 is 5.73 Å². The highest BCUT2D eigenvalue weighted by Crippen LogP contribution is 2.27. The Morgan fingerprint density at radius 2 is 1.71 bits per heavy atom. The fraction of sp³-hybridized carbons (Fsp3) is 1.00. The molecule has 0 aromatic rings. The van der Waals surface area contributed by atoms with E-state index < -0.39 is 0 Å². The molecule has 2 rings (SSSR count). The van der Waals surface area contributed by atoms with Gasteiger partial charge in [-0.2, -0.15) is 0 Å². The zero-order valence-corrected chi connectivity index (χ0v) is 11.7. The van der Waals surface area contributed by atoms with Gasteiger partial charge in [0, 0.05) is 44.3 Å². The Kier molecular flexibility index (Phi) is 4.45. The lowest BCUT2D eigenvalue weighted by molar-refractivity contribution is 0.0456. The predicted octanol–water partition coefficient (Wildman–Crippen LogP) is 1.53. The van der Waals surface area contributed by atoms with Gasteiger partial charge in [-0.1, -0.05) is 13.3 Å². The fourth-order valence-electron chi connectivity index (χ4n) is 3.42. The van der Waals surface area contributed by atoms with Gasteiger partial charge in [0.15, 0.2) is 0 Å². The van der Waals surface area contributed by atoms with Crippen molar-refractivity contribution in [1.82, 2.24) is 9.80 Å². The molecule has 0 spiro atoms. The summed E-state index contributed by atoms with van der Waals surface area (Å²) in [5.41, 5.74) is 6.39. The summed E-state index contributed by atoms with van der Waals surface area (Å²) in [7, 11) is 0. The van der Waals surface area contributed by atoms with Crippen molar-refractivity contribution in [2.75, 3.05) is 26.2 Å². The van der Waals surface area contributed by atoms with Crippen LogP contribution in [0.1, 0.15) is 40.0 Å². The summed E-state index contributed by atoms with van der Waals surface area (Å²) in [6.07, 6.45) is 4.00. The first kappa shape index (κ1) is 13.3. The van der Waals surface area contributed by atoms with Crippen LogP contribution in [-0.4, -0.2) is 54.1 Å². The third kappa shape index (κ3) is 3.01. The minimum Gasteiger partial charge on any atom is -0.326 e. The van der Waals surface area contributed by atoms with Crippen molar-refractivity contribution < 1.29 is 0 Å². The molecule has 1 saturated heterocycles. The van der Waals surface area contributed by atoms with Crippen molar-refractivity contribution in [2.24, 2.45) is 11.7 Å². The van der Waals surface area contributed by atoms with Crippen LogP contribution in [0.5, 0.6) is 0 Å². The van der Waals surface area contributed by atoms with E-state index in [1.165, 1.54) is 45.4 Å². The van der Waals surface area contributed by atoms with Crippen molar-refractivity contribution in [1.29, 1.82) is 0 Å². The van der Waals surface area contributed by atoms with E-state index in [-0.39, 0.29) is 0 Å². The Morgan fingerprint density at radius 1 is 1.06 bits per heavy atom. The van der Waals surface area contributed by atoms with E-state index >= 15 is 0 Å². The molecule has 0 amide bonds. The lowest BCUT2D eigenvalue weighted by atomic mass is 9.81. The minimum atomic E-state index is 0.398. The Bertz CT molecular complexity index is 234. The Hall–Kier alpha value is -0.120. The van der Waals surface area contributed by atoms with Gasteiger partial charge in [-0.05, 0) is 32.6 Å². The quantitative estimate of drug-likeness (QED) is 0.793. The monoisotopic (exact) mass is 239 g/mol. The van der Waals surface area contributed by atoms with Crippen LogP contribution in [0, 0.1) is 5.92 Å². The van der Waals surface area contributed by atoms with E-state index in [0.717, 1.165) is 0 Å². The normalized spacial score (nSPS) is 37.6. The molecule has 0 unspecified atom stereocenters. The van der Waals surface area contributed by atoms with Crippen molar-refractivity contribution in [3.8, 4) is 0 Å². The second-order valence-corrected chi connectivity index (χ2v) is 6.22. The largest absolute Gasteiger partial charge is 0.326 e. The lowest BCUT2D eigenvalue weighted by Crippen LogP contribution is -2.59. The molecule has 2 fully saturated rings. The molecule has 0 aromatic heterocycles. The van der Waals surface area contributed by atoms with Crippen molar-refractivity contribution in [3.05, 3.63) is 0 Å². The van der Waals surface area contributed by atoms with Crippen molar-refractivity contribution in [2.45, 2.75) is 58.2 Å². The molecule has 3 heteroatoms. The van der Waals surface area contributed by atoms with Gasteiger partial charge in [0.25, 0.3) is 0 Å². The predicted molar refractivity (Wildman–Crippen MR) is 73.1 cm³/mol. The molecule has 17 heavy (non-hydrogen) atoms. The highest BCUT2D eigenvalue weighted by molar-refractivity contribution is 4.91. The molecule has 1 aliphatic carbocycles. The molecule has 0 radical (unpaired) electrons. The number of nitrogens with zero attached hydrogens (tertiary/aromatic N) is 2. The summed E-state index contributed by atoms with van der Waals surface area (Å²) in [5, 5.41) is 0. The van der Waals surface area contributed by atoms with Crippen LogP contribution in [0.25, 0.3) is 0 Å². The Morgan fingerprint density at radius 3 is 2.29 bits per heavy atom. The first-order valence-corrected chi connectivity index (χ1v) is 7.33. The summed E-state index contributed by atoms with van der Waals surface area (Å²) in [6.45, 7) is 11.8. The summed E-state index contributed by atoms with van der Waals surface area (Å²) < 4.78 is 0. The highest BCUT2D eigenvalue weighted by Gasteiger charge is 2.33. The number of nitrogens with two attached hydrogens (primary N) is 1. The van der Waals surface area contributed by atoms with E-state index in [4.69, 9.17) is 5.73 Å². The average molecular weight is 239 g/mol. The molecule has 3 atom stereocenters. The standard InChI is InChI=1S/C14H29N3/c1-11(2)16-7-9-17(10-8-16)13-6-4-5-12(3)14(13)15/h11-14H,4-10,15H2,1-3H3/t12-,13-,14-/m0/s1. The van der Waals surface area contributed by atoms with Gasteiger partial charge in [0.1, 0.15) is 0 Å². The van der Waals surface area contributed by atoms with Gasteiger partial charge in [-0.15, -0.1) is 0 Å². The maximum Gasteiger partial charge on any atom is 0.0250 e. The van der Waals surface area contributed by atoms with Gasteiger partial charge in [-0.25, -0.2) is 0 Å². The zero-order valence-electron chi connectivity index (χ0n) is 11.7. The number of hydrogen-bond acceptors (Lipinski definition) is 3. The molecule has 1 heterocycles. The second-order valence-electron chi connectivity index (χ2n) is 6.22. The molecule has 1 aliphatic heterocycles. The fourth-order valence-corrected chi connectivity index (χ4v) is 3.42. The third-order valence-corrected chi connectivity index (χ3v) is 4.81. The molecule has 3 nitrogen and oxygen atoms in total. The molecule has 1 saturated carbocycles. The van der Waals surface area contributed by atoms with Crippen LogP contribution in [0.4, 0.5) is 0 Å². The topological polar surface area (TPSA) is 32.5 Å². The minimum absolute atomic E-state index is 0.398. The van der Waals surface area contributed by atoms with E-state index in [1.54, 1.807) is 0 Å². The SMILES string of the molecule is CC(C)N1CCN([C@H]2CCC[C@H](C)[C@@H]2N)CC1. The van der Waals surface area contributed by atoms with Crippen LogP contribution in [0.3, 0.4) is 0 Å².